The van der Waals surface area contributed by atoms with Gasteiger partial charge in [0, 0.05) is 6.08 Å². The van der Waals surface area contributed by atoms with Crippen LogP contribution in [0.5, 0.6) is 0 Å². The summed E-state index contributed by atoms with van der Waals surface area (Å²) < 4.78 is 4.41. The van der Waals surface area contributed by atoms with Crippen LogP contribution in [-0.4, -0.2) is 28.9 Å². The van der Waals surface area contributed by atoms with Gasteiger partial charge in [0.05, 0.1) is 7.11 Å². The van der Waals surface area contributed by atoms with Crippen molar-refractivity contribution in [1.82, 2.24) is 0 Å². The third-order valence-electron chi connectivity index (χ3n) is 1.36. The molecule has 0 fully saturated rings. The highest BCUT2D eigenvalue weighted by Crippen LogP contribution is 2.15. The van der Waals surface area contributed by atoms with Gasteiger partial charge in [-0.1, -0.05) is 0 Å². The van der Waals surface area contributed by atoms with Gasteiger partial charge < -0.3 is 14.9 Å². The van der Waals surface area contributed by atoms with Gasteiger partial charge in [0.2, 0.25) is 17.3 Å². The van der Waals surface area contributed by atoms with Gasteiger partial charge in [-0.3, -0.25) is 9.59 Å². The number of allylic oxidation sites excluding steroid dienone is 1. The summed E-state index contributed by atoms with van der Waals surface area (Å²) >= 11 is 0. The average molecular weight is 170 g/mol. The molecule has 1 aliphatic carbocycles. The van der Waals surface area contributed by atoms with Gasteiger partial charge in [0.1, 0.15) is 0 Å². The highest BCUT2D eigenvalue weighted by molar-refractivity contribution is 6.19. The molecule has 0 spiro atoms. The second-order valence-electron chi connectivity index (χ2n) is 2.10. The first-order valence-corrected chi connectivity index (χ1v) is 3.05. The van der Waals surface area contributed by atoms with Gasteiger partial charge in [-0.2, -0.15) is 0 Å². The van der Waals surface area contributed by atoms with Crippen molar-refractivity contribution in [2.45, 2.75) is 0 Å². The fourth-order valence-corrected chi connectivity index (χ4v) is 0.783. The minimum absolute atomic E-state index is 0.528. The largest absolute Gasteiger partial charge is 0.504 e. The van der Waals surface area contributed by atoms with E-state index >= 15 is 0 Å². The van der Waals surface area contributed by atoms with E-state index in [0.717, 1.165) is 7.11 Å². The van der Waals surface area contributed by atoms with Crippen LogP contribution in [0.25, 0.3) is 0 Å². The highest BCUT2D eigenvalue weighted by Gasteiger charge is 2.29. The number of aliphatic hydroxyl groups is 2. The Labute approximate surface area is 67.6 Å². The fourth-order valence-electron chi connectivity index (χ4n) is 0.783. The Balaban J connectivity index is 3.17. The third kappa shape index (κ3) is 1.05. The van der Waals surface area contributed by atoms with Gasteiger partial charge >= 0.3 is 0 Å². The standard InChI is InChI=1S/C7H6O5/c1-12-7-5(10)3(8)2-4(9)6(7)11/h2,8,11H,1H3. The molecule has 5 heteroatoms. The van der Waals surface area contributed by atoms with E-state index in [1.807, 2.05) is 0 Å². The summed E-state index contributed by atoms with van der Waals surface area (Å²) in [6.07, 6.45) is 0.639. The number of ketones is 2. The predicted octanol–water partition coefficient (Wildman–Crippen LogP) is -0.00390. The molecular weight excluding hydrogens is 164 g/mol. The van der Waals surface area contributed by atoms with Gasteiger partial charge in [0.25, 0.3) is 5.78 Å². The Morgan fingerprint density at radius 1 is 1.33 bits per heavy atom. The second-order valence-corrected chi connectivity index (χ2v) is 2.10. The van der Waals surface area contributed by atoms with Crippen LogP contribution in [0.4, 0.5) is 0 Å². The lowest BCUT2D eigenvalue weighted by atomic mass is 10.1. The number of hydrogen-bond donors (Lipinski definition) is 2. The van der Waals surface area contributed by atoms with E-state index in [1.54, 1.807) is 0 Å². The second kappa shape index (κ2) is 2.69. The van der Waals surface area contributed by atoms with E-state index in [2.05, 4.69) is 4.74 Å². The molecule has 0 radical (unpaired) electrons. The van der Waals surface area contributed by atoms with Crippen molar-refractivity contribution in [3.8, 4) is 0 Å². The maximum Gasteiger partial charge on any atom is 0.265 e. The number of aliphatic hydroxyl groups excluding tert-OH is 2. The Hall–Kier alpha value is -1.78. The van der Waals surface area contributed by atoms with Gasteiger partial charge in [0.15, 0.2) is 5.76 Å². The quantitative estimate of drug-likeness (QED) is 0.541. The van der Waals surface area contributed by atoms with Crippen molar-refractivity contribution >= 4 is 11.6 Å². The van der Waals surface area contributed by atoms with E-state index in [9.17, 15) is 9.59 Å². The Bertz CT molecular complexity index is 310. The number of ether oxygens (including phenoxy) is 1. The van der Waals surface area contributed by atoms with Gasteiger partial charge in [-0.15, -0.1) is 0 Å². The summed E-state index contributed by atoms with van der Waals surface area (Å²) in [6.45, 7) is 0. The van der Waals surface area contributed by atoms with Crippen molar-refractivity contribution in [1.29, 1.82) is 0 Å². The van der Waals surface area contributed by atoms with Crippen LogP contribution in [0, 0.1) is 0 Å². The molecule has 0 unspecified atom stereocenters. The monoisotopic (exact) mass is 170 g/mol. The zero-order valence-corrected chi connectivity index (χ0v) is 6.20. The van der Waals surface area contributed by atoms with Crippen molar-refractivity contribution in [2.75, 3.05) is 7.11 Å². The summed E-state index contributed by atoms with van der Waals surface area (Å²) in [5.74, 6) is -3.77. The Morgan fingerprint density at radius 2 is 1.92 bits per heavy atom. The number of rotatable bonds is 1. The van der Waals surface area contributed by atoms with Crippen molar-refractivity contribution in [3.63, 3.8) is 0 Å². The SMILES string of the molecule is COC1=C(O)C(=O)C=C(O)C1=O. The number of carbonyl (C=O) groups is 2. The molecule has 0 saturated carbocycles. The lowest BCUT2D eigenvalue weighted by Crippen LogP contribution is -2.20. The number of methoxy groups -OCH3 is 1. The van der Waals surface area contributed by atoms with Crippen LogP contribution in [0.2, 0.25) is 0 Å². The third-order valence-corrected chi connectivity index (χ3v) is 1.36. The Kier molecular flexibility index (Phi) is 1.86. The van der Waals surface area contributed by atoms with Crippen LogP contribution in [0.15, 0.2) is 23.4 Å². The maximum atomic E-state index is 10.9. The lowest BCUT2D eigenvalue weighted by molar-refractivity contribution is -0.121. The predicted molar refractivity (Wildman–Crippen MR) is 37.4 cm³/mol. The molecule has 0 saturated heterocycles. The molecule has 0 heterocycles. The number of hydrogen-bond acceptors (Lipinski definition) is 5. The molecular formula is C7H6O5. The molecule has 0 bridgehead atoms. The normalized spacial score (nSPS) is 17.9. The average Bonchev–Trinajstić information content (AvgIpc) is 2.02. The molecule has 1 aliphatic rings. The minimum atomic E-state index is -0.894. The first-order chi connectivity index (χ1) is 5.57. The first kappa shape index (κ1) is 8.32. The van der Waals surface area contributed by atoms with Crippen LogP contribution in [0.1, 0.15) is 0 Å². The first-order valence-electron chi connectivity index (χ1n) is 3.05. The molecule has 1 rings (SSSR count). The molecule has 2 N–H and O–H groups in total. The van der Waals surface area contributed by atoms with Gasteiger partial charge in [-0.05, 0) is 0 Å². The van der Waals surface area contributed by atoms with Crippen molar-refractivity contribution < 1.29 is 24.5 Å². The van der Waals surface area contributed by atoms with E-state index in [1.165, 1.54) is 0 Å². The summed E-state index contributed by atoms with van der Waals surface area (Å²) in [5.41, 5.74) is 0. The van der Waals surface area contributed by atoms with Crippen LogP contribution < -0.4 is 0 Å². The zero-order valence-electron chi connectivity index (χ0n) is 6.20. The van der Waals surface area contributed by atoms with E-state index in [-0.39, 0.29) is 0 Å². The van der Waals surface area contributed by atoms with Crippen molar-refractivity contribution in [2.24, 2.45) is 0 Å². The molecule has 64 valence electrons. The van der Waals surface area contributed by atoms with Crippen LogP contribution in [0.3, 0.4) is 0 Å². The summed E-state index contributed by atoms with van der Waals surface area (Å²) in [5, 5.41) is 17.8. The zero-order chi connectivity index (χ0) is 9.30. The summed E-state index contributed by atoms with van der Waals surface area (Å²) in [6, 6.07) is 0. The van der Waals surface area contributed by atoms with E-state index in [0.29, 0.717) is 6.08 Å². The number of carbonyl (C=O) groups excluding carboxylic acids is 2. The summed E-state index contributed by atoms with van der Waals surface area (Å²) in [7, 11) is 1.12. The fraction of sp³-hybridized carbons (Fsp3) is 0.143. The topological polar surface area (TPSA) is 83.8 Å². The van der Waals surface area contributed by atoms with Gasteiger partial charge in [-0.25, -0.2) is 0 Å². The molecule has 5 nitrogen and oxygen atoms in total. The van der Waals surface area contributed by atoms with Crippen LogP contribution in [-0.2, 0) is 14.3 Å². The molecule has 0 aromatic rings. The number of Topliss-reactive ketones (excluding diaryl/α,β-unsaturated/α-hetero) is 1. The lowest BCUT2D eigenvalue weighted by Gasteiger charge is -2.09. The van der Waals surface area contributed by atoms with Crippen LogP contribution >= 0.6 is 0 Å². The van der Waals surface area contributed by atoms with E-state index in [4.69, 9.17) is 10.2 Å². The Morgan fingerprint density at radius 3 is 2.42 bits per heavy atom. The molecule has 0 aromatic carbocycles. The van der Waals surface area contributed by atoms with Crippen molar-refractivity contribution in [3.05, 3.63) is 23.4 Å². The molecule has 12 heavy (non-hydrogen) atoms. The molecule has 0 atom stereocenters. The van der Waals surface area contributed by atoms with E-state index < -0.39 is 28.8 Å². The maximum absolute atomic E-state index is 10.9. The highest BCUT2D eigenvalue weighted by atomic mass is 16.5. The summed E-state index contributed by atoms with van der Waals surface area (Å²) in [4.78, 5) is 21.6. The molecule has 0 aliphatic heterocycles. The minimum Gasteiger partial charge on any atom is -0.504 e. The molecule has 0 aromatic heterocycles. The smallest absolute Gasteiger partial charge is 0.265 e. The molecule has 0 amide bonds.